The van der Waals surface area contributed by atoms with Gasteiger partial charge in [-0.05, 0) is 77.1 Å². The Balaban J connectivity index is 1.52. The van der Waals surface area contributed by atoms with Crippen LogP contribution >= 0.6 is 0 Å². The van der Waals surface area contributed by atoms with Crippen LogP contribution in [0.2, 0.25) is 0 Å². The first kappa shape index (κ1) is 35.5. The number of benzene rings is 3. The molecule has 0 bridgehead atoms. The summed E-state index contributed by atoms with van der Waals surface area (Å²) in [7, 11) is -4.45. The number of nitriles is 1. The van der Waals surface area contributed by atoms with E-state index in [9.17, 15) is 22.9 Å². The molecule has 0 unspecified atom stereocenters. The third-order valence-corrected chi connectivity index (χ3v) is 10.3. The van der Waals surface area contributed by atoms with Crippen molar-refractivity contribution < 1.29 is 31.1 Å². The van der Waals surface area contributed by atoms with Crippen molar-refractivity contribution in [1.82, 2.24) is 14.3 Å². The molecule has 51 heavy (non-hydrogen) atoms. The molecule has 2 aromatic heterocycles. The molecule has 1 fully saturated rings. The molecule has 0 aliphatic heterocycles. The highest BCUT2D eigenvalue weighted by Gasteiger charge is 2.31. The van der Waals surface area contributed by atoms with Crippen LogP contribution in [-0.4, -0.2) is 41.2 Å². The molecule has 1 amide bonds. The zero-order valence-corrected chi connectivity index (χ0v) is 29.2. The Hall–Kier alpha value is -5.35. The van der Waals surface area contributed by atoms with Gasteiger partial charge in [0.1, 0.15) is 23.0 Å². The normalized spacial score (nSPS) is 16.4. The Kier molecular flexibility index (Phi) is 9.57. The van der Waals surface area contributed by atoms with Gasteiger partial charge in [-0.3, -0.25) is 0 Å². The van der Waals surface area contributed by atoms with Gasteiger partial charge in [0.25, 0.3) is 10.0 Å². The molecule has 1 aliphatic rings. The maximum Gasteiger partial charge on any atom is 0.407 e. The van der Waals surface area contributed by atoms with Crippen LogP contribution in [0.15, 0.2) is 77.8 Å². The van der Waals surface area contributed by atoms with Crippen molar-refractivity contribution in [3.8, 4) is 28.5 Å². The van der Waals surface area contributed by atoms with Crippen LogP contribution in [0, 0.1) is 35.7 Å². The molecule has 1 saturated carbocycles. The smallest absolute Gasteiger partial charge is 0.407 e. The van der Waals surface area contributed by atoms with Crippen molar-refractivity contribution >= 4 is 32.8 Å². The predicted molar refractivity (Wildman–Crippen MR) is 188 cm³/mol. The Morgan fingerprint density at radius 1 is 1.02 bits per heavy atom. The molecule has 3 aromatic carbocycles. The highest BCUT2D eigenvalue weighted by molar-refractivity contribution is 7.90. The molecule has 2 heterocycles. The number of amides is 1. The van der Waals surface area contributed by atoms with E-state index in [1.165, 1.54) is 12.1 Å². The van der Waals surface area contributed by atoms with Crippen molar-refractivity contribution in [1.29, 1.82) is 5.26 Å². The highest BCUT2D eigenvalue weighted by Crippen LogP contribution is 2.41. The first-order valence-corrected chi connectivity index (χ1v) is 17.9. The van der Waals surface area contributed by atoms with Crippen LogP contribution in [0.5, 0.6) is 0 Å². The minimum absolute atomic E-state index is 0.0935. The first-order valence-electron chi connectivity index (χ1n) is 16.4. The number of alkyl carbamates (subject to hydrolysis) is 1. The number of anilines is 1. The quantitative estimate of drug-likeness (QED) is 0.173. The number of hydrogen-bond donors (Lipinski definition) is 2. The van der Waals surface area contributed by atoms with Crippen LogP contribution in [0.3, 0.4) is 0 Å². The van der Waals surface area contributed by atoms with Gasteiger partial charge >= 0.3 is 6.09 Å². The van der Waals surface area contributed by atoms with Gasteiger partial charge < -0.3 is 15.4 Å². The van der Waals surface area contributed by atoms with Crippen molar-refractivity contribution in [2.45, 2.75) is 76.0 Å². The van der Waals surface area contributed by atoms with Gasteiger partial charge in [-0.2, -0.15) is 5.26 Å². The second kappa shape index (κ2) is 13.8. The minimum atomic E-state index is -4.45. The summed E-state index contributed by atoms with van der Waals surface area (Å²) in [5.41, 5.74) is -0.660. The van der Waals surface area contributed by atoms with E-state index < -0.39 is 44.7 Å². The van der Waals surface area contributed by atoms with E-state index >= 15 is 8.78 Å². The van der Waals surface area contributed by atoms with Gasteiger partial charge in [0, 0.05) is 40.9 Å². The van der Waals surface area contributed by atoms with Crippen LogP contribution in [0.4, 0.5) is 23.8 Å². The summed E-state index contributed by atoms with van der Waals surface area (Å²) in [5, 5.41) is 16.4. The predicted octanol–water partition coefficient (Wildman–Crippen LogP) is 8.45. The monoisotopic (exact) mass is 715 g/mol. The third kappa shape index (κ3) is 7.28. The maximum atomic E-state index is 16.7. The molecule has 6 rings (SSSR count). The lowest BCUT2D eigenvalue weighted by Gasteiger charge is -2.31. The van der Waals surface area contributed by atoms with E-state index in [2.05, 4.69) is 15.6 Å². The summed E-state index contributed by atoms with van der Waals surface area (Å²) in [5.74, 6) is -3.22. The molecule has 13 heteroatoms. The SMILES string of the molecule is Cc1ccc(S(=O)(=O)n2cc(-c3nc(N[C@@H]4CCC[C@H](NC(=O)OC(C)(C)C)C4)c(F)c(-c4ccccc4)c3C#N)c3cc(F)cc(F)c32)cc1. The number of rotatable bonds is 7. The molecule has 0 spiro atoms. The molecule has 1 aliphatic carbocycles. The summed E-state index contributed by atoms with van der Waals surface area (Å²) in [4.78, 5) is 16.9. The Morgan fingerprint density at radius 3 is 2.37 bits per heavy atom. The van der Waals surface area contributed by atoms with Gasteiger partial charge in [0.2, 0.25) is 0 Å². The van der Waals surface area contributed by atoms with Crippen molar-refractivity contribution in [3.05, 3.63) is 102 Å². The van der Waals surface area contributed by atoms with Gasteiger partial charge in [-0.15, -0.1) is 0 Å². The lowest BCUT2D eigenvalue weighted by molar-refractivity contribution is 0.0492. The topological polar surface area (TPSA) is 126 Å². The van der Waals surface area contributed by atoms with Gasteiger partial charge in [-0.25, -0.2) is 35.3 Å². The molecule has 2 N–H and O–H groups in total. The lowest BCUT2D eigenvalue weighted by Crippen LogP contribution is -2.44. The van der Waals surface area contributed by atoms with Crippen LogP contribution in [-0.2, 0) is 14.8 Å². The average Bonchev–Trinajstić information content (AvgIpc) is 3.46. The Bertz CT molecular complexity index is 2280. The largest absolute Gasteiger partial charge is 0.444 e. The maximum absolute atomic E-state index is 16.7. The fourth-order valence-electron chi connectivity index (χ4n) is 6.41. The van der Waals surface area contributed by atoms with E-state index in [1.807, 2.05) is 6.07 Å². The zero-order chi connectivity index (χ0) is 36.7. The van der Waals surface area contributed by atoms with Gasteiger partial charge in [0.05, 0.1) is 16.2 Å². The van der Waals surface area contributed by atoms with Crippen molar-refractivity contribution in [3.63, 3.8) is 0 Å². The summed E-state index contributed by atoms with van der Waals surface area (Å²) in [6, 6.07) is 17.1. The zero-order valence-electron chi connectivity index (χ0n) is 28.4. The number of hydrogen-bond acceptors (Lipinski definition) is 7. The van der Waals surface area contributed by atoms with Crippen molar-refractivity contribution in [2.24, 2.45) is 0 Å². The fraction of sp³-hybridized carbons (Fsp3) is 0.289. The number of halogens is 3. The van der Waals surface area contributed by atoms with E-state index in [0.29, 0.717) is 41.3 Å². The summed E-state index contributed by atoms with van der Waals surface area (Å²) in [6.45, 7) is 7.07. The Morgan fingerprint density at radius 2 is 1.71 bits per heavy atom. The Labute approximate surface area is 294 Å². The molecule has 264 valence electrons. The molecule has 2 atom stereocenters. The van der Waals surface area contributed by atoms with Crippen LogP contribution < -0.4 is 10.6 Å². The molecular weight excluding hydrogens is 680 g/mol. The number of pyridine rings is 1. The first-order chi connectivity index (χ1) is 24.2. The summed E-state index contributed by atoms with van der Waals surface area (Å²) >= 11 is 0. The molecule has 0 saturated heterocycles. The standard InChI is InChI=1S/C38H36F3N5O4S/c1-22-13-15-27(16-14-22)51(48,49)46-21-30(28-17-24(39)18-31(40)35(28)46)34-29(20-42)32(23-9-6-5-7-10-23)33(41)36(45-34)43-25-11-8-12-26(19-25)44-37(47)50-38(2,3)4/h5-7,9-10,13-18,21,25-26H,8,11-12,19H2,1-4H3,(H,43,45)(H,44,47)/t25-,26+/m1/s1. The van der Waals surface area contributed by atoms with E-state index in [4.69, 9.17) is 4.74 Å². The third-order valence-electron chi connectivity index (χ3n) is 8.67. The van der Waals surface area contributed by atoms with Crippen molar-refractivity contribution in [2.75, 3.05) is 5.32 Å². The molecule has 5 aromatic rings. The number of carbonyl (C=O) groups is 1. The molecular formula is C38H36F3N5O4S. The number of fused-ring (bicyclic) bond motifs is 1. The van der Waals surface area contributed by atoms with E-state index in [1.54, 1.807) is 70.2 Å². The lowest BCUT2D eigenvalue weighted by atomic mass is 9.90. The summed E-state index contributed by atoms with van der Waals surface area (Å²) in [6.07, 6.45) is 2.89. The number of aryl methyl sites for hydroxylation is 1. The van der Waals surface area contributed by atoms with Crippen LogP contribution in [0.25, 0.3) is 33.3 Å². The number of aromatic nitrogens is 2. The number of nitrogens with zero attached hydrogens (tertiary/aromatic N) is 3. The molecule has 9 nitrogen and oxygen atoms in total. The summed E-state index contributed by atoms with van der Waals surface area (Å²) < 4.78 is 81.2. The molecule has 0 radical (unpaired) electrons. The van der Waals surface area contributed by atoms with Gasteiger partial charge in [0.15, 0.2) is 17.5 Å². The number of nitrogens with one attached hydrogen (secondary N) is 2. The minimum Gasteiger partial charge on any atom is -0.444 e. The number of carbonyl (C=O) groups excluding carboxylic acids is 1. The van der Waals surface area contributed by atoms with E-state index in [0.717, 1.165) is 17.8 Å². The highest BCUT2D eigenvalue weighted by atomic mass is 32.2. The average molecular weight is 716 g/mol. The fourth-order valence-corrected chi connectivity index (χ4v) is 7.78. The second-order valence-corrected chi connectivity index (χ2v) is 15.5. The second-order valence-electron chi connectivity index (χ2n) is 13.6. The van der Waals surface area contributed by atoms with Gasteiger partial charge in [-0.1, -0.05) is 48.0 Å². The van der Waals surface area contributed by atoms with Crippen LogP contribution in [0.1, 0.15) is 57.6 Å². The van der Waals surface area contributed by atoms with E-state index in [-0.39, 0.29) is 50.6 Å². The number of ether oxygens (including phenoxy) is 1.